The van der Waals surface area contributed by atoms with Crippen LogP contribution in [0.1, 0.15) is 79.2 Å². The molecule has 0 spiro atoms. The van der Waals surface area contributed by atoms with Crippen LogP contribution in [-0.2, 0) is 0 Å². The van der Waals surface area contributed by atoms with Crippen LogP contribution in [0.25, 0.3) is 40.4 Å². The Balaban J connectivity index is 1.51. The first-order valence-electron chi connectivity index (χ1n) is 17.7. The molecule has 0 atom stereocenters. The van der Waals surface area contributed by atoms with Crippen LogP contribution in [0.3, 0.4) is 0 Å². The lowest BCUT2D eigenvalue weighted by Crippen LogP contribution is -2.00. The van der Waals surface area contributed by atoms with Crippen LogP contribution in [0.2, 0.25) is 0 Å². The summed E-state index contributed by atoms with van der Waals surface area (Å²) in [5.74, 6) is 22.1. The molecule has 262 valence electrons. The van der Waals surface area contributed by atoms with E-state index < -0.39 is 0 Å². The summed E-state index contributed by atoms with van der Waals surface area (Å²) in [7, 11) is 0. The monoisotopic (exact) mass is 754 g/mol. The van der Waals surface area contributed by atoms with Gasteiger partial charge in [-0.15, -0.1) is 51.8 Å². The van der Waals surface area contributed by atoms with Gasteiger partial charge in [0.1, 0.15) is 17.6 Å². The van der Waals surface area contributed by atoms with E-state index in [9.17, 15) is 0 Å². The molecule has 0 aliphatic rings. The number of aryl methyl sites for hydroxylation is 4. The molecule has 5 aromatic rings. The summed E-state index contributed by atoms with van der Waals surface area (Å²) in [5.41, 5.74) is 4.52. The van der Waals surface area contributed by atoms with E-state index in [0.717, 1.165) is 33.1 Å². The minimum Gasteiger partial charge on any atom is -0.493 e. The van der Waals surface area contributed by atoms with E-state index >= 15 is 0 Å². The molecule has 0 aliphatic heterocycles. The van der Waals surface area contributed by atoms with Crippen molar-refractivity contribution >= 4 is 45.3 Å². The fourth-order valence-electron chi connectivity index (χ4n) is 5.85. The second-order valence-corrected chi connectivity index (χ2v) is 17.1. The minimum absolute atomic E-state index is 0.653. The van der Waals surface area contributed by atoms with E-state index in [0.29, 0.717) is 12.4 Å². The van der Waals surface area contributed by atoms with E-state index in [2.05, 4.69) is 137 Å². The molecular formula is C46H42O2S4. The third kappa shape index (κ3) is 10.7. The summed E-state index contributed by atoms with van der Waals surface area (Å²) >= 11 is 7.19. The molecule has 0 unspecified atom stereocenters. The lowest BCUT2D eigenvalue weighted by molar-refractivity contribution is 0.305. The maximum Gasteiger partial charge on any atom is 0.149 e. The molecule has 0 saturated carbocycles. The smallest absolute Gasteiger partial charge is 0.149 e. The first kappa shape index (κ1) is 38.6. The zero-order chi connectivity index (χ0) is 36.7. The molecular weight excluding hydrogens is 713 g/mol. The second-order valence-electron chi connectivity index (χ2n) is 12.5. The van der Waals surface area contributed by atoms with Crippen LogP contribution in [0.4, 0.5) is 0 Å². The Morgan fingerprint density at radius 2 is 1.02 bits per heavy atom. The zero-order valence-corrected chi connectivity index (χ0v) is 33.8. The Morgan fingerprint density at radius 1 is 0.538 bits per heavy atom. The Hall–Kier alpha value is -4.58. The van der Waals surface area contributed by atoms with Crippen molar-refractivity contribution in [3.8, 4) is 112 Å². The van der Waals surface area contributed by atoms with Crippen LogP contribution >= 0.6 is 45.3 Å². The van der Waals surface area contributed by atoms with Gasteiger partial charge in [-0.1, -0.05) is 51.9 Å². The van der Waals surface area contributed by atoms with Crippen LogP contribution in [0, 0.1) is 87.6 Å². The van der Waals surface area contributed by atoms with Crippen molar-refractivity contribution in [1.29, 1.82) is 0 Å². The molecule has 0 N–H and O–H groups in total. The van der Waals surface area contributed by atoms with Gasteiger partial charge in [0.05, 0.1) is 6.61 Å². The molecule has 0 amide bonds. The van der Waals surface area contributed by atoms with E-state index in [1.807, 2.05) is 22.7 Å². The van der Waals surface area contributed by atoms with Gasteiger partial charge < -0.3 is 9.47 Å². The van der Waals surface area contributed by atoms with Gasteiger partial charge in [0.2, 0.25) is 0 Å². The highest BCUT2D eigenvalue weighted by molar-refractivity contribution is 7.24. The zero-order valence-electron chi connectivity index (χ0n) is 30.5. The standard InChI is InChI=1S/C46H42O2S4/c1-7-9-11-13-15-17-19-21-27-47-39-31-38(42-24-26-44(52-42)46-34(4)30-36(6)50-46)40(48-28-22-20-18-16-14-12-10-8-2)32-37(39)41-23-25-43(51-41)45-33(3)29-35(5)49-45/h1,23-26,29-32H,8,10,12,14,16,18,20,22,28H2,2-6H3. The number of benzene rings is 1. The predicted octanol–water partition coefficient (Wildman–Crippen LogP) is 13.3. The summed E-state index contributed by atoms with van der Waals surface area (Å²) in [5, 5.41) is 0. The summed E-state index contributed by atoms with van der Waals surface area (Å²) in [6.07, 6.45) is 17.9. The van der Waals surface area contributed by atoms with Crippen LogP contribution in [-0.4, -0.2) is 6.61 Å². The average Bonchev–Trinajstić information content (AvgIpc) is 3.94. The van der Waals surface area contributed by atoms with E-state index in [1.54, 1.807) is 22.7 Å². The van der Waals surface area contributed by atoms with Gasteiger partial charge in [-0.3, -0.25) is 0 Å². The van der Waals surface area contributed by atoms with Gasteiger partial charge in [-0.2, -0.15) is 0 Å². The Bertz CT molecular complexity index is 2290. The largest absolute Gasteiger partial charge is 0.493 e. The number of hydrogen-bond acceptors (Lipinski definition) is 6. The number of thiophene rings is 4. The van der Waals surface area contributed by atoms with Crippen LogP contribution in [0.5, 0.6) is 11.5 Å². The fraction of sp³-hybridized carbons (Fsp3) is 0.304. The highest BCUT2D eigenvalue weighted by atomic mass is 32.1. The Morgan fingerprint density at radius 3 is 1.56 bits per heavy atom. The molecule has 1 aromatic carbocycles. The van der Waals surface area contributed by atoms with Gasteiger partial charge in [-0.25, -0.2) is 0 Å². The predicted molar refractivity (Wildman–Crippen MR) is 227 cm³/mol. The summed E-state index contributed by atoms with van der Waals surface area (Å²) < 4.78 is 12.9. The van der Waals surface area contributed by atoms with Crippen molar-refractivity contribution < 1.29 is 9.47 Å². The molecule has 4 heterocycles. The van der Waals surface area contributed by atoms with Gasteiger partial charge >= 0.3 is 0 Å². The van der Waals surface area contributed by atoms with Gasteiger partial charge in [0.15, 0.2) is 0 Å². The topological polar surface area (TPSA) is 18.5 Å². The van der Waals surface area contributed by atoms with Crippen LogP contribution < -0.4 is 9.47 Å². The van der Waals surface area contributed by atoms with Crippen molar-refractivity contribution in [2.75, 3.05) is 6.61 Å². The van der Waals surface area contributed by atoms with Crippen molar-refractivity contribution in [1.82, 2.24) is 0 Å². The Kier molecular flexibility index (Phi) is 14.8. The van der Waals surface area contributed by atoms with Crippen molar-refractivity contribution in [2.45, 2.75) is 86.0 Å². The van der Waals surface area contributed by atoms with Crippen LogP contribution in [0.15, 0.2) is 48.5 Å². The average molecular weight is 755 g/mol. The Labute approximate surface area is 326 Å². The molecule has 4 aromatic heterocycles. The molecule has 0 fully saturated rings. The lowest BCUT2D eigenvalue weighted by Gasteiger charge is -2.15. The van der Waals surface area contributed by atoms with E-state index in [4.69, 9.17) is 15.9 Å². The van der Waals surface area contributed by atoms with E-state index in [-0.39, 0.29) is 0 Å². The number of unbranched alkanes of at least 4 members (excludes halogenated alkanes) is 7. The molecule has 6 heteroatoms. The first-order valence-corrected chi connectivity index (χ1v) is 20.9. The third-order valence-electron chi connectivity index (χ3n) is 8.27. The summed E-state index contributed by atoms with van der Waals surface area (Å²) in [6, 6.07) is 17.5. The lowest BCUT2D eigenvalue weighted by atomic mass is 10.1. The van der Waals surface area contributed by atoms with Gasteiger partial charge in [0, 0.05) is 73.8 Å². The normalized spacial score (nSPS) is 10.1. The quantitative estimate of drug-likeness (QED) is 0.0783. The molecule has 0 radical (unpaired) electrons. The molecule has 0 saturated heterocycles. The van der Waals surface area contributed by atoms with Gasteiger partial charge in [0.25, 0.3) is 0 Å². The van der Waals surface area contributed by atoms with Crippen molar-refractivity contribution in [3.63, 3.8) is 0 Å². The summed E-state index contributed by atoms with van der Waals surface area (Å²) in [6.45, 7) is 11.6. The molecule has 2 nitrogen and oxygen atoms in total. The number of terminal acetylenes is 1. The minimum atomic E-state index is 0.653. The molecule has 0 bridgehead atoms. The highest BCUT2D eigenvalue weighted by Gasteiger charge is 2.20. The number of ether oxygens (including phenoxy) is 2. The third-order valence-corrected chi connectivity index (χ3v) is 13.2. The van der Waals surface area contributed by atoms with Gasteiger partial charge in [-0.05, 0) is 117 Å². The fourth-order valence-corrected chi connectivity index (χ4v) is 10.3. The summed E-state index contributed by atoms with van der Waals surface area (Å²) in [4.78, 5) is 9.91. The molecule has 52 heavy (non-hydrogen) atoms. The van der Waals surface area contributed by atoms with Crippen molar-refractivity contribution in [3.05, 3.63) is 69.4 Å². The maximum atomic E-state index is 6.67. The number of hydrogen-bond donors (Lipinski definition) is 0. The highest BCUT2D eigenvalue weighted by Crippen LogP contribution is 2.48. The number of rotatable bonds is 15. The van der Waals surface area contributed by atoms with E-state index in [1.165, 1.54) is 85.3 Å². The molecule has 0 aliphatic carbocycles. The molecule has 5 rings (SSSR count). The van der Waals surface area contributed by atoms with Crippen molar-refractivity contribution in [2.24, 2.45) is 0 Å². The second kappa shape index (κ2) is 19.9. The SMILES string of the molecule is C#CC#CC#CC#CC#COc1cc(-c2ccc(-c3sc(C)cc3C)s2)c(OCCCCCCCCCC)cc1-c1ccc(-c2sc(C)cc2C)s1. The maximum absolute atomic E-state index is 6.67. The first-order chi connectivity index (χ1) is 25.4.